The van der Waals surface area contributed by atoms with Crippen LogP contribution >= 0.6 is 0 Å². The lowest BCUT2D eigenvalue weighted by Crippen LogP contribution is -2.19. The second-order valence-electron chi connectivity index (χ2n) is 6.82. The van der Waals surface area contributed by atoms with Gasteiger partial charge in [-0.15, -0.1) is 5.10 Å². The molecule has 1 aliphatic carbocycles. The third-order valence-corrected chi connectivity index (χ3v) is 4.96. The zero-order valence-corrected chi connectivity index (χ0v) is 14.2. The standard InChI is InChI=1S/C18H19N7/c1-11-7-20-18-21-8-14(10-24(11)18)15-5-6-25-16(15)9-19-17(23-25)22-12(2)13-3-4-13/h5-10,12-13H,3-4H2,1-2H3,(H,22,23)/t12-/m1/s1. The van der Waals surface area contributed by atoms with Crippen LogP contribution < -0.4 is 5.32 Å². The Morgan fingerprint density at radius 1 is 1.16 bits per heavy atom. The van der Waals surface area contributed by atoms with Crippen molar-refractivity contribution in [3.8, 4) is 11.1 Å². The van der Waals surface area contributed by atoms with E-state index < -0.39 is 0 Å². The van der Waals surface area contributed by atoms with Gasteiger partial charge in [0, 0.05) is 41.5 Å². The SMILES string of the molecule is Cc1cnc2ncc(-c3ccn4nc(N[C@H](C)C5CC5)ncc34)cn12. The van der Waals surface area contributed by atoms with Crippen LogP contribution in [0.4, 0.5) is 5.95 Å². The average Bonchev–Trinajstić information content (AvgIpc) is 3.30. The monoisotopic (exact) mass is 333 g/mol. The number of fused-ring (bicyclic) bond motifs is 2. The fourth-order valence-electron chi connectivity index (χ4n) is 3.26. The number of rotatable bonds is 4. The average molecular weight is 333 g/mol. The number of aromatic nitrogens is 6. The molecule has 0 unspecified atom stereocenters. The van der Waals surface area contributed by atoms with Gasteiger partial charge in [0.25, 0.3) is 0 Å². The van der Waals surface area contributed by atoms with E-state index in [1.54, 1.807) is 0 Å². The molecule has 0 bridgehead atoms. The van der Waals surface area contributed by atoms with E-state index in [1.807, 2.05) is 46.7 Å². The normalized spacial score (nSPS) is 15.8. The summed E-state index contributed by atoms with van der Waals surface area (Å²) in [6.07, 6.45) is 12.2. The molecule has 0 radical (unpaired) electrons. The maximum atomic E-state index is 4.60. The number of nitrogens with zero attached hydrogens (tertiary/aromatic N) is 6. The van der Waals surface area contributed by atoms with Crippen LogP contribution in [0.3, 0.4) is 0 Å². The third-order valence-electron chi connectivity index (χ3n) is 4.96. The molecule has 4 aromatic heterocycles. The van der Waals surface area contributed by atoms with E-state index in [1.165, 1.54) is 12.8 Å². The quantitative estimate of drug-likeness (QED) is 0.621. The molecule has 0 amide bonds. The lowest BCUT2D eigenvalue weighted by molar-refractivity contribution is 0.681. The van der Waals surface area contributed by atoms with Crippen molar-refractivity contribution in [2.24, 2.45) is 5.92 Å². The molecular weight excluding hydrogens is 314 g/mol. The summed E-state index contributed by atoms with van der Waals surface area (Å²) < 4.78 is 3.86. The van der Waals surface area contributed by atoms with Gasteiger partial charge in [-0.3, -0.25) is 4.40 Å². The highest BCUT2D eigenvalue weighted by Gasteiger charge is 2.28. The summed E-state index contributed by atoms with van der Waals surface area (Å²) in [4.78, 5) is 13.2. The topological polar surface area (TPSA) is 72.4 Å². The molecule has 0 spiro atoms. The van der Waals surface area contributed by atoms with Crippen LogP contribution in [-0.2, 0) is 0 Å². The van der Waals surface area contributed by atoms with Crippen molar-refractivity contribution >= 4 is 17.2 Å². The van der Waals surface area contributed by atoms with Crippen LogP contribution in [0.15, 0.2) is 37.1 Å². The van der Waals surface area contributed by atoms with Crippen LogP contribution in [-0.4, -0.2) is 35.0 Å². The van der Waals surface area contributed by atoms with E-state index in [9.17, 15) is 0 Å². The van der Waals surface area contributed by atoms with Gasteiger partial charge in [0.05, 0.1) is 17.9 Å². The van der Waals surface area contributed by atoms with Crippen LogP contribution in [0.1, 0.15) is 25.5 Å². The number of anilines is 1. The molecule has 1 N–H and O–H groups in total. The Hall–Kier alpha value is -2.96. The van der Waals surface area contributed by atoms with Crippen molar-refractivity contribution in [2.75, 3.05) is 5.32 Å². The van der Waals surface area contributed by atoms with Crippen LogP contribution in [0, 0.1) is 12.8 Å². The Morgan fingerprint density at radius 3 is 2.84 bits per heavy atom. The van der Waals surface area contributed by atoms with Crippen molar-refractivity contribution in [1.29, 1.82) is 0 Å². The van der Waals surface area contributed by atoms with E-state index in [0.717, 1.165) is 28.3 Å². The van der Waals surface area contributed by atoms with Crippen LogP contribution in [0.2, 0.25) is 0 Å². The Kier molecular flexibility index (Phi) is 3.03. The summed E-state index contributed by atoms with van der Waals surface area (Å²) in [6, 6.07) is 2.47. The molecule has 7 heteroatoms. The van der Waals surface area contributed by atoms with Gasteiger partial charge >= 0.3 is 0 Å². The van der Waals surface area contributed by atoms with Crippen molar-refractivity contribution in [3.63, 3.8) is 0 Å². The number of imidazole rings is 1. The van der Waals surface area contributed by atoms with Crippen LogP contribution in [0.25, 0.3) is 22.4 Å². The molecule has 4 heterocycles. The first kappa shape index (κ1) is 14.4. The Bertz CT molecular complexity index is 1070. The summed E-state index contributed by atoms with van der Waals surface area (Å²) in [5.41, 5.74) is 4.10. The molecule has 126 valence electrons. The lowest BCUT2D eigenvalue weighted by Gasteiger charge is -2.12. The zero-order valence-electron chi connectivity index (χ0n) is 14.2. The first-order valence-corrected chi connectivity index (χ1v) is 8.60. The summed E-state index contributed by atoms with van der Waals surface area (Å²) in [5, 5.41) is 8.00. The predicted octanol–water partition coefficient (Wildman–Crippen LogP) is 2.96. The molecule has 0 aliphatic heterocycles. The highest BCUT2D eigenvalue weighted by Crippen LogP contribution is 2.33. The highest BCUT2D eigenvalue weighted by molar-refractivity contribution is 5.79. The molecule has 25 heavy (non-hydrogen) atoms. The second-order valence-corrected chi connectivity index (χ2v) is 6.82. The smallest absolute Gasteiger partial charge is 0.241 e. The molecular formula is C18H19N7. The first-order valence-electron chi connectivity index (χ1n) is 8.60. The lowest BCUT2D eigenvalue weighted by atomic mass is 10.1. The van der Waals surface area contributed by atoms with E-state index in [-0.39, 0.29) is 0 Å². The maximum Gasteiger partial charge on any atom is 0.241 e. The maximum absolute atomic E-state index is 4.60. The van der Waals surface area contributed by atoms with Gasteiger partial charge in [-0.1, -0.05) is 0 Å². The van der Waals surface area contributed by atoms with Crippen LogP contribution in [0.5, 0.6) is 0 Å². The first-order chi connectivity index (χ1) is 12.2. The Labute approximate surface area is 144 Å². The van der Waals surface area contributed by atoms with E-state index in [0.29, 0.717) is 17.8 Å². The minimum Gasteiger partial charge on any atom is -0.350 e. The molecule has 7 nitrogen and oxygen atoms in total. The van der Waals surface area contributed by atoms with Gasteiger partial charge in [0.1, 0.15) is 0 Å². The molecule has 4 aromatic rings. The zero-order chi connectivity index (χ0) is 17.0. The largest absolute Gasteiger partial charge is 0.350 e. The van der Waals surface area contributed by atoms with E-state index in [2.05, 4.69) is 38.5 Å². The van der Waals surface area contributed by atoms with Gasteiger partial charge in [-0.2, -0.15) is 0 Å². The number of hydrogen-bond donors (Lipinski definition) is 1. The van der Waals surface area contributed by atoms with Gasteiger partial charge in [0.15, 0.2) is 0 Å². The minimum atomic E-state index is 0.420. The van der Waals surface area contributed by atoms with Gasteiger partial charge in [-0.25, -0.2) is 19.5 Å². The van der Waals surface area contributed by atoms with Crippen molar-refractivity contribution < 1.29 is 0 Å². The number of hydrogen-bond acceptors (Lipinski definition) is 5. The number of nitrogens with one attached hydrogen (secondary N) is 1. The van der Waals surface area contributed by atoms with Crippen molar-refractivity contribution in [3.05, 3.63) is 42.7 Å². The molecule has 1 aliphatic rings. The van der Waals surface area contributed by atoms with E-state index in [4.69, 9.17) is 0 Å². The third kappa shape index (κ3) is 2.43. The summed E-state index contributed by atoms with van der Waals surface area (Å²) in [7, 11) is 0. The van der Waals surface area contributed by atoms with Gasteiger partial charge < -0.3 is 5.32 Å². The highest BCUT2D eigenvalue weighted by atomic mass is 15.3. The molecule has 1 saturated carbocycles. The van der Waals surface area contributed by atoms with Crippen molar-refractivity contribution in [1.82, 2.24) is 29.0 Å². The summed E-state index contributed by atoms with van der Waals surface area (Å²) in [5.74, 6) is 2.14. The molecule has 0 aromatic carbocycles. The van der Waals surface area contributed by atoms with E-state index >= 15 is 0 Å². The molecule has 5 rings (SSSR count). The fraction of sp³-hybridized carbons (Fsp3) is 0.333. The minimum absolute atomic E-state index is 0.420. The summed E-state index contributed by atoms with van der Waals surface area (Å²) >= 11 is 0. The second kappa shape index (κ2) is 5.27. The Morgan fingerprint density at radius 2 is 2.00 bits per heavy atom. The summed E-state index contributed by atoms with van der Waals surface area (Å²) in [6.45, 7) is 4.21. The van der Waals surface area contributed by atoms with Gasteiger partial charge in [0.2, 0.25) is 11.7 Å². The molecule has 1 fully saturated rings. The molecule has 1 atom stereocenters. The predicted molar refractivity (Wildman–Crippen MR) is 95.5 cm³/mol. The molecule has 0 saturated heterocycles. The fourth-order valence-corrected chi connectivity index (χ4v) is 3.26. The van der Waals surface area contributed by atoms with Gasteiger partial charge in [-0.05, 0) is 38.7 Å². The van der Waals surface area contributed by atoms with Crippen molar-refractivity contribution in [2.45, 2.75) is 32.7 Å². The number of aryl methyl sites for hydroxylation is 1. The Balaban J connectivity index is 1.53.